The number of aliphatic carboxylic acids is 2. The number of alkyl halides is 1. The molecule has 2 unspecified atom stereocenters. The lowest BCUT2D eigenvalue weighted by Crippen LogP contribution is -2.35. The van der Waals surface area contributed by atoms with Gasteiger partial charge in [-0.1, -0.05) is 24.3 Å². The lowest BCUT2D eigenvalue weighted by Gasteiger charge is -2.15. The van der Waals surface area contributed by atoms with Gasteiger partial charge in [0.2, 0.25) is 0 Å². The molecule has 0 heterocycles. The van der Waals surface area contributed by atoms with Gasteiger partial charge in [-0.15, -0.1) is 0 Å². The largest absolute Gasteiger partial charge is 0.481 e. The first kappa shape index (κ1) is 17.1. The average Bonchev–Trinajstić information content (AvgIpc) is 2.45. The monoisotopic (exact) mass is 297 g/mol. The molecule has 0 aliphatic heterocycles. The van der Waals surface area contributed by atoms with Gasteiger partial charge in [0.05, 0.1) is 12.6 Å². The van der Waals surface area contributed by atoms with Gasteiger partial charge in [0.15, 0.2) is 0 Å². The van der Waals surface area contributed by atoms with E-state index in [1.165, 1.54) is 0 Å². The third-order valence-corrected chi connectivity index (χ3v) is 3.31. The molecular weight excluding hydrogens is 277 g/mol. The van der Waals surface area contributed by atoms with Gasteiger partial charge in [0, 0.05) is 0 Å². The SMILES string of the molecule is NC(CC(Cc1ccc(CCCF)cc1)C(=O)O)C(=O)O. The number of benzene rings is 1. The number of aryl methyl sites for hydroxylation is 1. The van der Waals surface area contributed by atoms with Crippen molar-refractivity contribution >= 4 is 11.9 Å². The highest BCUT2D eigenvalue weighted by Gasteiger charge is 2.24. The lowest BCUT2D eigenvalue weighted by molar-refractivity contribution is -0.143. The Hall–Kier alpha value is -1.95. The van der Waals surface area contributed by atoms with Crippen molar-refractivity contribution in [1.29, 1.82) is 0 Å². The van der Waals surface area contributed by atoms with Crippen molar-refractivity contribution in [1.82, 2.24) is 0 Å². The predicted octanol–water partition coefficient (Wildman–Crippen LogP) is 1.63. The fourth-order valence-corrected chi connectivity index (χ4v) is 2.08. The van der Waals surface area contributed by atoms with Crippen LogP contribution in [0.25, 0.3) is 0 Å². The maximum Gasteiger partial charge on any atom is 0.320 e. The van der Waals surface area contributed by atoms with Crippen LogP contribution in [0.2, 0.25) is 0 Å². The summed E-state index contributed by atoms with van der Waals surface area (Å²) in [6, 6.07) is 6.06. The molecule has 0 aromatic heterocycles. The highest BCUT2D eigenvalue weighted by atomic mass is 19.1. The van der Waals surface area contributed by atoms with E-state index in [-0.39, 0.29) is 19.5 Å². The van der Waals surface area contributed by atoms with Crippen LogP contribution in [-0.4, -0.2) is 34.9 Å². The Bertz CT molecular complexity index is 475. The van der Waals surface area contributed by atoms with Crippen LogP contribution >= 0.6 is 0 Å². The van der Waals surface area contributed by atoms with Gasteiger partial charge >= 0.3 is 11.9 Å². The van der Waals surface area contributed by atoms with E-state index in [2.05, 4.69) is 0 Å². The summed E-state index contributed by atoms with van der Waals surface area (Å²) >= 11 is 0. The van der Waals surface area contributed by atoms with Crippen LogP contribution in [-0.2, 0) is 22.4 Å². The summed E-state index contributed by atoms with van der Waals surface area (Å²) in [5, 5.41) is 17.9. The highest BCUT2D eigenvalue weighted by molar-refractivity contribution is 5.76. The maximum absolute atomic E-state index is 12.1. The van der Waals surface area contributed by atoms with Gasteiger partial charge < -0.3 is 15.9 Å². The van der Waals surface area contributed by atoms with Crippen molar-refractivity contribution in [2.24, 2.45) is 11.7 Å². The molecule has 4 N–H and O–H groups in total. The molecule has 0 saturated carbocycles. The summed E-state index contributed by atoms with van der Waals surface area (Å²) in [6.45, 7) is -0.365. The first-order valence-electron chi connectivity index (χ1n) is 6.79. The van der Waals surface area contributed by atoms with Gasteiger partial charge in [-0.05, 0) is 36.8 Å². The first-order chi connectivity index (χ1) is 9.93. The van der Waals surface area contributed by atoms with E-state index >= 15 is 0 Å². The number of carboxylic acid groups (broad SMARTS) is 2. The Morgan fingerprint density at radius 2 is 1.67 bits per heavy atom. The molecule has 1 aromatic rings. The minimum absolute atomic E-state index is 0.117. The zero-order valence-corrected chi connectivity index (χ0v) is 11.7. The molecule has 0 bridgehead atoms. The Balaban J connectivity index is 2.66. The minimum Gasteiger partial charge on any atom is -0.481 e. The summed E-state index contributed by atoms with van der Waals surface area (Å²) in [5.74, 6) is -3.11. The maximum atomic E-state index is 12.1. The van der Waals surface area contributed by atoms with Gasteiger partial charge in [0.25, 0.3) is 0 Å². The zero-order valence-electron chi connectivity index (χ0n) is 11.7. The minimum atomic E-state index is -1.21. The number of carbonyl (C=O) groups is 2. The molecule has 0 saturated heterocycles. The average molecular weight is 297 g/mol. The van der Waals surface area contributed by atoms with Crippen LogP contribution in [0.3, 0.4) is 0 Å². The summed E-state index contributed by atoms with van der Waals surface area (Å²) in [6.07, 6.45) is 1.21. The van der Waals surface area contributed by atoms with E-state index in [0.29, 0.717) is 12.8 Å². The van der Waals surface area contributed by atoms with Crippen molar-refractivity contribution in [2.45, 2.75) is 31.7 Å². The molecule has 21 heavy (non-hydrogen) atoms. The van der Waals surface area contributed by atoms with Crippen molar-refractivity contribution in [3.05, 3.63) is 35.4 Å². The van der Waals surface area contributed by atoms with Crippen LogP contribution in [0, 0.1) is 5.92 Å². The molecule has 1 rings (SSSR count). The number of hydrogen-bond donors (Lipinski definition) is 3. The molecule has 0 fully saturated rings. The van der Waals surface area contributed by atoms with Crippen LogP contribution in [0.1, 0.15) is 24.0 Å². The fourth-order valence-electron chi connectivity index (χ4n) is 2.08. The molecule has 6 heteroatoms. The highest BCUT2D eigenvalue weighted by Crippen LogP contribution is 2.16. The smallest absolute Gasteiger partial charge is 0.320 e. The van der Waals surface area contributed by atoms with Crippen LogP contribution in [0.4, 0.5) is 4.39 Å². The molecule has 5 nitrogen and oxygen atoms in total. The topological polar surface area (TPSA) is 101 Å². The molecule has 0 amide bonds. The van der Waals surface area contributed by atoms with Gasteiger partial charge in [-0.3, -0.25) is 14.0 Å². The van der Waals surface area contributed by atoms with Crippen LogP contribution in [0.15, 0.2) is 24.3 Å². The van der Waals surface area contributed by atoms with E-state index in [0.717, 1.165) is 11.1 Å². The number of nitrogens with two attached hydrogens (primary N) is 1. The second-order valence-electron chi connectivity index (χ2n) is 5.03. The number of rotatable bonds is 9. The Morgan fingerprint density at radius 1 is 1.10 bits per heavy atom. The standard InChI is InChI=1S/C15H20FNO4/c16-7-1-2-10-3-5-11(6-4-10)8-12(14(18)19)9-13(17)15(20)21/h3-6,12-13H,1-2,7-9,17H2,(H,18,19)(H,20,21). The normalized spacial score (nSPS) is 13.6. The molecule has 0 radical (unpaired) electrons. The molecule has 0 aliphatic rings. The van der Waals surface area contributed by atoms with Crippen LogP contribution < -0.4 is 5.73 Å². The Morgan fingerprint density at radius 3 is 2.14 bits per heavy atom. The molecule has 0 aliphatic carbocycles. The van der Waals surface area contributed by atoms with Gasteiger partial charge in [-0.25, -0.2) is 0 Å². The fraction of sp³-hybridized carbons (Fsp3) is 0.467. The van der Waals surface area contributed by atoms with E-state index in [4.69, 9.17) is 15.9 Å². The molecule has 2 atom stereocenters. The van der Waals surface area contributed by atoms with E-state index < -0.39 is 23.9 Å². The van der Waals surface area contributed by atoms with Crippen LogP contribution in [0.5, 0.6) is 0 Å². The molecule has 0 spiro atoms. The van der Waals surface area contributed by atoms with E-state index in [1.807, 2.05) is 12.1 Å². The number of halogens is 1. The first-order valence-corrected chi connectivity index (χ1v) is 6.79. The quantitative estimate of drug-likeness (QED) is 0.643. The van der Waals surface area contributed by atoms with E-state index in [9.17, 15) is 14.0 Å². The summed E-state index contributed by atoms with van der Waals surface area (Å²) < 4.78 is 12.1. The van der Waals surface area contributed by atoms with Crippen molar-refractivity contribution < 1.29 is 24.2 Å². The zero-order chi connectivity index (χ0) is 15.8. The second kappa shape index (κ2) is 8.36. The Labute approximate surface area is 122 Å². The van der Waals surface area contributed by atoms with Crippen molar-refractivity contribution in [3.63, 3.8) is 0 Å². The van der Waals surface area contributed by atoms with Gasteiger partial charge in [0.1, 0.15) is 6.04 Å². The lowest BCUT2D eigenvalue weighted by atomic mass is 9.92. The molecular formula is C15H20FNO4. The predicted molar refractivity (Wildman–Crippen MR) is 75.8 cm³/mol. The molecule has 1 aromatic carbocycles. The summed E-state index contributed by atoms with van der Waals surface area (Å²) in [7, 11) is 0. The third-order valence-electron chi connectivity index (χ3n) is 3.31. The van der Waals surface area contributed by atoms with Crippen molar-refractivity contribution in [2.75, 3.05) is 6.67 Å². The van der Waals surface area contributed by atoms with E-state index in [1.54, 1.807) is 12.1 Å². The van der Waals surface area contributed by atoms with Gasteiger partial charge in [-0.2, -0.15) is 0 Å². The number of hydrogen-bond acceptors (Lipinski definition) is 3. The molecule has 116 valence electrons. The third kappa shape index (κ3) is 5.91. The summed E-state index contributed by atoms with van der Waals surface area (Å²) in [4.78, 5) is 21.9. The van der Waals surface area contributed by atoms with Crippen molar-refractivity contribution in [3.8, 4) is 0 Å². The number of carboxylic acids is 2. The second-order valence-corrected chi connectivity index (χ2v) is 5.03. The Kier molecular flexibility index (Phi) is 6.81. The summed E-state index contributed by atoms with van der Waals surface area (Å²) in [5.41, 5.74) is 7.18.